The first-order valence-corrected chi connectivity index (χ1v) is 6.47. The van der Waals surface area contributed by atoms with E-state index >= 15 is 0 Å². The van der Waals surface area contributed by atoms with Gasteiger partial charge in [0.1, 0.15) is 5.82 Å². The fourth-order valence-corrected chi connectivity index (χ4v) is 2.72. The summed E-state index contributed by atoms with van der Waals surface area (Å²) in [5.74, 6) is 0.451. The second kappa shape index (κ2) is 5.23. The molecule has 0 aliphatic heterocycles. The van der Waals surface area contributed by atoms with Crippen LogP contribution in [-0.2, 0) is 6.54 Å². The maximum absolute atomic E-state index is 10.6. The molecular weight excluding hydrogens is 262 g/mol. The van der Waals surface area contributed by atoms with Crippen molar-refractivity contribution in [2.24, 2.45) is 0 Å². The fourth-order valence-electron chi connectivity index (χ4n) is 1.07. The molecule has 90 valence electrons. The van der Waals surface area contributed by atoms with Crippen LogP contribution in [0.25, 0.3) is 0 Å². The van der Waals surface area contributed by atoms with E-state index < -0.39 is 5.97 Å². The average Bonchev–Trinajstić information content (AvgIpc) is 2.88. The van der Waals surface area contributed by atoms with Crippen LogP contribution >= 0.6 is 23.3 Å². The summed E-state index contributed by atoms with van der Waals surface area (Å²) in [6.45, 7) is 2.43. The van der Waals surface area contributed by atoms with E-state index in [-0.39, 0.29) is 5.69 Å². The van der Waals surface area contributed by atoms with Gasteiger partial charge in [-0.25, -0.2) is 9.78 Å². The standard InChI is InChI=1S/C8H9N5O2S2/c1-5-9-8(17-11-5)16-3-2-13-4-6(7(14)15)10-12-13/h4H,2-3H2,1H3,(H,14,15). The maximum atomic E-state index is 10.6. The van der Waals surface area contributed by atoms with Gasteiger partial charge < -0.3 is 5.11 Å². The lowest BCUT2D eigenvalue weighted by Crippen LogP contribution is -2.01. The minimum absolute atomic E-state index is 0.0400. The predicted molar refractivity (Wildman–Crippen MR) is 62.4 cm³/mol. The Kier molecular flexibility index (Phi) is 3.69. The van der Waals surface area contributed by atoms with Crippen LogP contribution in [0.1, 0.15) is 16.3 Å². The second-order valence-electron chi connectivity index (χ2n) is 3.13. The quantitative estimate of drug-likeness (QED) is 0.808. The second-order valence-corrected chi connectivity index (χ2v) is 5.22. The molecule has 17 heavy (non-hydrogen) atoms. The molecule has 1 N–H and O–H groups in total. The molecule has 0 fully saturated rings. The zero-order chi connectivity index (χ0) is 12.3. The number of rotatable bonds is 5. The molecule has 0 radical (unpaired) electrons. The van der Waals surface area contributed by atoms with Gasteiger partial charge in [-0.1, -0.05) is 17.0 Å². The Morgan fingerprint density at radius 1 is 1.65 bits per heavy atom. The Labute approximate surface area is 105 Å². The molecule has 9 heteroatoms. The molecule has 2 rings (SSSR count). The molecule has 2 aromatic rings. The Hall–Kier alpha value is -1.48. The number of carbonyl (C=O) groups is 1. The molecule has 0 aromatic carbocycles. The molecule has 0 saturated carbocycles. The monoisotopic (exact) mass is 271 g/mol. The van der Waals surface area contributed by atoms with Gasteiger partial charge in [0.25, 0.3) is 0 Å². The minimum Gasteiger partial charge on any atom is -0.476 e. The number of carboxylic acids is 1. The van der Waals surface area contributed by atoms with Gasteiger partial charge in [0.2, 0.25) is 0 Å². The summed E-state index contributed by atoms with van der Waals surface area (Å²) in [6, 6.07) is 0. The summed E-state index contributed by atoms with van der Waals surface area (Å²) in [6.07, 6.45) is 1.41. The largest absolute Gasteiger partial charge is 0.476 e. The summed E-state index contributed by atoms with van der Waals surface area (Å²) in [7, 11) is 0. The van der Waals surface area contributed by atoms with Gasteiger partial charge in [0, 0.05) is 5.75 Å². The van der Waals surface area contributed by atoms with Crippen LogP contribution in [0.15, 0.2) is 10.5 Å². The molecule has 0 aliphatic rings. The van der Waals surface area contributed by atoms with Gasteiger partial charge in [-0.3, -0.25) is 4.68 Å². The normalized spacial score (nSPS) is 10.6. The predicted octanol–water partition coefficient (Wildman–Crippen LogP) is 0.929. The first-order valence-electron chi connectivity index (χ1n) is 4.71. The Morgan fingerprint density at radius 3 is 3.06 bits per heavy atom. The molecule has 2 aromatic heterocycles. The summed E-state index contributed by atoms with van der Waals surface area (Å²) in [5, 5.41) is 15.9. The van der Waals surface area contributed by atoms with Crippen molar-refractivity contribution in [3.63, 3.8) is 0 Å². The van der Waals surface area contributed by atoms with E-state index in [1.54, 1.807) is 11.8 Å². The lowest BCUT2D eigenvalue weighted by Gasteiger charge is -1.96. The van der Waals surface area contributed by atoms with Crippen LogP contribution in [0.3, 0.4) is 0 Å². The van der Waals surface area contributed by atoms with E-state index in [0.29, 0.717) is 6.54 Å². The Bertz CT molecular complexity index is 523. The number of carboxylic acid groups (broad SMARTS) is 1. The number of aromatic nitrogens is 5. The molecular formula is C8H9N5O2S2. The van der Waals surface area contributed by atoms with E-state index in [4.69, 9.17) is 5.11 Å². The zero-order valence-corrected chi connectivity index (χ0v) is 10.5. The van der Waals surface area contributed by atoms with Crippen LogP contribution in [-0.4, -0.2) is 41.2 Å². The first-order chi connectivity index (χ1) is 8.15. The number of nitrogens with zero attached hydrogens (tertiary/aromatic N) is 5. The van der Waals surface area contributed by atoms with Gasteiger partial charge in [-0.15, -0.1) is 5.10 Å². The SMILES string of the molecule is Cc1nsc(SCCn2cc(C(=O)O)nn2)n1. The van der Waals surface area contributed by atoms with E-state index in [0.717, 1.165) is 15.9 Å². The summed E-state index contributed by atoms with van der Waals surface area (Å²) in [4.78, 5) is 14.8. The molecule has 0 bridgehead atoms. The van der Waals surface area contributed by atoms with Crippen molar-refractivity contribution in [2.75, 3.05) is 5.75 Å². The van der Waals surface area contributed by atoms with Gasteiger partial charge in [0.05, 0.1) is 12.7 Å². The molecule has 2 heterocycles. The number of hydrogen-bond donors (Lipinski definition) is 1. The summed E-state index contributed by atoms with van der Waals surface area (Å²) >= 11 is 2.92. The lowest BCUT2D eigenvalue weighted by molar-refractivity contribution is 0.0690. The van der Waals surface area contributed by atoms with Crippen molar-refractivity contribution in [3.8, 4) is 0 Å². The third kappa shape index (κ3) is 3.24. The van der Waals surface area contributed by atoms with E-state index in [1.165, 1.54) is 22.4 Å². The number of hydrogen-bond acceptors (Lipinski definition) is 7. The highest BCUT2D eigenvalue weighted by atomic mass is 32.2. The van der Waals surface area contributed by atoms with Gasteiger partial charge in [-0.2, -0.15) is 4.37 Å². The lowest BCUT2D eigenvalue weighted by atomic mass is 10.5. The van der Waals surface area contributed by atoms with E-state index in [2.05, 4.69) is 19.7 Å². The molecule has 0 aliphatic carbocycles. The molecule has 0 saturated heterocycles. The van der Waals surface area contributed by atoms with Crippen molar-refractivity contribution in [3.05, 3.63) is 17.7 Å². The number of thioether (sulfide) groups is 1. The number of aryl methyl sites for hydroxylation is 2. The van der Waals surface area contributed by atoms with E-state index in [1.807, 2.05) is 6.92 Å². The fraction of sp³-hybridized carbons (Fsp3) is 0.375. The van der Waals surface area contributed by atoms with Crippen LogP contribution in [0.4, 0.5) is 0 Å². The molecule has 0 atom stereocenters. The molecule has 0 spiro atoms. The van der Waals surface area contributed by atoms with Gasteiger partial charge >= 0.3 is 5.97 Å². The Balaban J connectivity index is 1.83. The molecule has 0 unspecified atom stereocenters. The third-order valence-corrected chi connectivity index (χ3v) is 3.72. The maximum Gasteiger partial charge on any atom is 0.358 e. The van der Waals surface area contributed by atoms with Crippen molar-refractivity contribution >= 4 is 29.3 Å². The van der Waals surface area contributed by atoms with Crippen LogP contribution in [0.5, 0.6) is 0 Å². The zero-order valence-electron chi connectivity index (χ0n) is 8.90. The van der Waals surface area contributed by atoms with Crippen molar-refractivity contribution < 1.29 is 9.90 Å². The summed E-state index contributed by atoms with van der Waals surface area (Å²) < 4.78 is 6.47. The van der Waals surface area contributed by atoms with Crippen LogP contribution < -0.4 is 0 Å². The third-order valence-electron chi connectivity index (χ3n) is 1.81. The molecule has 7 nitrogen and oxygen atoms in total. The highest BCUT2D eigenvalue weighted by molar-refractivity contribution is 8.00. The molecule has 0 amide bonds. The average molecular weight is 271 g/mol. The van der Waals surface area contributed by atoms with Gasteiger partial charge in [0.15, 0.2) is 10.0 Å². The first kappa shape index (κ1) is 12.0. The van der Waals surface area contributed by atoms with Crippen LogP contribution in [0.2, 0.25) is 0 Å². The highest BCUT2D eigenvalue weighted by Gasteiger charge is 2.08. The van der Waals surface area contributed by atoms with Crippen molar-refractivity contribution in [1.29, 1.82) is 0 Å². The highest BCUT2D eigenvalue weighted by Crippen LogP contribution is 2.19. The topological polar surface area (TPSA) is 93.8 Å². The van der Waals surface area contributed by atoms with E-state index in [9.17, 15) is 4.79 Å². The van der Waals surface area contributed by atoms with Crippen LogP contribution in [0, 0.1) is 6.92 Å². The minimum atomic E-state index is -1.07. The smallest absolute Gasteiger partial charge is 0.358 e. The Morgan fingerprint density at radius 2 is 2.47 bits per heavy atom. The van der Waals surface area contributed by atoms with Crippen molar-refractivity contribution in [2.45, 2.75) is 17.8 Å². The number of aromatic carboxylic acids is 1. The summed E-state index contributed by atoms with van der Waals surface area (Å²) in [5.41, 5.74) is -0.0400. The van der Waals surface area contributed by atoms with Gasteiger partial charge in [-0.05, 0) is 18.5 Å². The van der Waals surface area contributed by atoms with Crippen molar-refractivity contribution in [1.82, 2.24) is 24.4 Å².